The molecule has 3 rings (SSSR count). The van der Waals surface area contributed by atoms with E-state index in [0.29, 0.717) is 24.6 Å². The van der Waals surface area contributed by atoms with Crippen LogP contribution in [0.5, 0.6) is 0 Å². The zero-order valence-corrected chi connectivity index (χ0v) is 10.9. The van der Waals surface area contributed by atoms with Gasteiger partial charge in [-0.2, -0.15) is 0 Å². The molecular weight excluding hydrogens is 240 g/mol. The molecule has 3 fully saturated rings. The Balaban J connectivity index is 0.00000108. The highest BCUT2D eigenvalue weighted by Crippen LogP contribution is 2.30. The van der Waals surface area contributed by atoms with E-state index in [4.69, 9.17) is 4.74 Å². The van der Waals surface area contributed by atoms with Gasteiger partial charge in [-0.3, -0.25) is 4.79 Å². The molecule has 0 aromatic rings. The summed E-state index contributed by atoms with van der Waals surface area (Å²) >= 11 is 0. The van der Waals surface area contributed by atoms with Crippen molar-refractivity contribution in [1.82, 2.24) is 10.2 Å². The molecule has 0 radical (unpaired) electrons. The molecule has 0 aliphatic carbocycles. The molecule has 0 spiro atoms. The lowest BCUT2D eigenvalue weighted by molar-refractivity contribution is -0.138. The Morgan fingerprint density at radius 3 is 2.76 bits per heavy atom. The fourth-order valence-electron chi connectivity index (χ4n) is 3.28. The topological polar surface area (TPSA) is 41.6 Å². The fourth-order valence-corrected chi connectivity index (χ4v) is 3.28. The van der Waals surface area contributed by atoms with Crippen molar-refractivity contribution in [2.24, 2.45) is 5.92 Å². The Morgan fingerprint density at radius 2 is 2.00 bits per heavy atom. The number of rotatable bonds is 1. The van der Waals surface area contributed by atoms with Crippen molar-refractivity contribution in [2.75, 3.05) is 26.3 Å². The molecule has 98 valence electrons. The molecule has 17 heavy (non-hydrogen) atoms. The predicted octanol–water partition coefficient (Wildman–Crippen LogP) is 0.798. The van der Waals surface area contributed by atoms with Gasteiger partial charge in [-0.15, -0.1) is 12.4 Å². The van der Waals surface area contributed by atoms with Gasteiger partial charge < -0.3 is 15.0 Å². The number of carbonyl (C=O) groups excluding carboxylic acids is 1. The van der Waals surface area contributed by atoms with E-state index < -0.39 is 0 Å². The minimum absolute atomic E-state index is 0. The molecule has 3 atom stereocenters. The van der Waals surface area contributed by atoms with Crippen LogP contribution in [0, 0.1) is 5.92 Å². The molecule has 0 aromatic heterocycles. The number of nitrogens with zero attached hydrogens (tertiary/aromatic N) is 1. The largest absolute Gasteiger partial charge is 0.381 e. The lowest BCUT2D eigenvalue weighted by Crippen LogP contribution is -2.45. The summed E-state index contributed by atoms with van der Waals surface area (Å²) in [5.74, 6) is 0.495. The van der Waals surface area contributed by atoms with E-state index in [-0.39, 0.29) is 18.3 Å². The first-order valence-electron chi connectivity index (χ1n) is 6.47. The third-order valence-corrected chi connectivity index (χ3v) is 4.19. The van der Waals surface area contributed by atoms with Gasteiger partial charge in [-0.05, 0) is 32.2 Å². The Bertz CT molecular complexity index is 268. The van der Waals surface area contributed by atoms with Gasteiger partial charge in [0, 0.05) is 25.2 Å². The van der Waals surface area contributed by atoms with Gasteiger partial charge >= 0.3 is 0 Å². The number of hydrogen-bond donors (Lipinski definition) is 1. The molecule has 4 nitrogen and oxygen atoms in total. The van der Waals surface area contributed by atoms with E-state index in [1.807, 2.05) is 0 Å². The molecule has 0 saturated carbocycles. The number of hydrogen-bond acceptors (Lipinski definition) is 3. The van der Waals surface area contributed by atoms with Crippen molar-refractivity contribution < 1.29 is 9.53 Å². The zero-order valence-electron chi connectivity index (χ0n) is 10.1. The van der Waals surface area contributed by atoms with Gasteiger partial charge in [-0.25, -0.2) is 0 Å². The number of carbonyl (C=O) groups is 1. The molecule has 0 aromatic carbocycles. The van der Waals surface area contributed by atoms with Crippen LogP contribution in [-0.4, -0.2) is 49.2 Å². The summed E-state index contributed by atoms with van der Waals surface area (Å²) in [4.78, 5) is 14.6. The molecule has 3 heterocycles. The standard InChI is InChI=1S/C12H20N2O2.ClH/c15-12(9-4-6-16-8-9)14-10-1-2-11(14)7-13-5-3-10;/h9-11,13H,1-8H2;1H. The zero-order chi connectivity index (χ0) is 11.0. The first kappa shape index (κ1) is 13.1. The summed E-state index contributed by atoms with van der Waals surface area (Å²) in [7, 11) is 0. The molecule has 1 N–H and O–H groups in total. The van der Waals surface area contributed by atoms with E-state index in [1.165, 1.54) is 12.8 Å². The van der Waals surface area contributed by atoms with Crippen LogP contribution in [-0.2, 0) is 9.53 Å². The Hall–Kier alpha value is -0.320. The molecule has 2 bridgehead atoms. The first-order chi connectivity index (χ1) is 7.86. The minimum atomic E-state index is 0. The Kier molecular flexibility index (Phi) is 4.28. The molecule has 3 aliphatic heterocycles. The van der Waals surface area contributed by atoms with Crippen LogP contribution in [0.15, 0.2) is 0 Å². The normalized spacial score (nSPS) is 36.5. The van der Waals surface area contributed by atoms with E-state index in [9.17, 15) is 4.79 Å². The van der Waals surface area contributed by atoms with Crippen LogP contribution < -0.4 is 5.32 Å². The van der Waals surface area contributed by atoms with Crippen molar-refractivity contribution >= 4 is 18.3 Å². The van der Waals surface area contributed by atoms with Crippen LogP contribution in [0.25, 0.3) is 0 Å². The molecule has 3 saturated heterocycles. The fraction of sp³-hybridized carbons (Fsp3) is 0.917. The Morgan fingerprint density at radius 1 is 1.18 bits per heavy atom. The average molecular weight is 261 g/mol. The predicted molar refractivity (Wildman–Crippen MR) is 67.3 cm³/mol. The number of nitrogens with one attached hydrogen (secondary N) is 1. The highest BCUT2D eigenvalue weighted by Gasteiger charge is 2.41. The van der Waals surface area contributed by atoms with E-state index >= 15 is 0 Å². The lowest BCUT2D eigenvalue weighted by atomic mass is 10.1. The summed E-state index contributed by atoms with van der Waals surface area (Å²) in [6.45, 7) is 3.45. The van der Waals surface area contributed by atoms with Crippen molar-refractivity contribution in [3.63, 3.8) is 0 Å². The Labute approximate surface area is 108 Å². The third-order valence-electron chi connectivity index (χ3n) is 4.19. The minimum Gasteiger partial charge on any atom is -0.381 e. The van der Waals surface area contributed by atoms with Gasteiger partial charge in [0.15, 0.2) is 0 Å². The monoisotopic (exact) mass is 260 g/mol. The smallest absolute Gasteiger partial charge is 0.228 e. The van der Waals surface area contributed by atoms with E-state index in [2.05, 4.69) is 10.2 Å². The molecule has 3 aliphatic rings. The van der Waals surface area contributed by atoms with Crippen LogP contribution in [0.3, 0.4) is 0 Å². The molecular formula is C12H21ClN2O2. The van der Waals surface area contributed by atoms with Crippen molar-refractivity contribution in [1.29, 1.82) is 0 Å². The quantitative estimate of drug-likeness (QED) is 0.758. The summed E-state index contributed by atoms with van der Waals surface area (Å²) < 4.78 is 5.33. The van der Waals surface area contributed by atoms with Crippen molar-refractivity contribution in [3.8, 4) is 0 Å². The molecule has 5 heteroatoms. The van der Waals surface area contributed by atoms with Crippen LogP contribution in [0.4, 0.5) is 0 Å². The SMILES string of the molecule is Cl.O=C(C1CCOC1)N1C2CCNCC1CC2. The summed E-state index contributed by atoms with van der Waals surface area (Å²) in [5.41, 5.74) is 0. The summed E-state index contributed by atoms with van der Waals surface area (Å²) in [6, 6.07) is 0.939. The number of amides is 1. The molecule has 1 amide bonds. The van der Waals surface area contributed by atoms with Crippen LogP contribution >= 0.6 is 12.4 Å². The maximum atomic E-state index is 12.4. The highest BCUT2D eigenvalue weighted by molar-refractivity contribution is 5.85. The van der Waals surface area contributed by atoms with Gasteiger partial charge in [0.1, 0.15) is 0 Å². The second-order valence-electron chi connectivity index (χ2n) is 5.18. The maximum Gasteiger partial charge on any atom is 0.228 e. The van der Waals surface area contributed by atoms with E-state index in [1.54, 1.807) is 0 Å². The number of halogens is 1. The maximum absolute atomic E-state index is 12.4. The third kappa shape index (κ3) is 2.44. The van der Waals surface area contributed by atoms with Crippen molar-refractivity contribution in [3.05, 3.63) is 0 Å². The summed E-state index contributed by atoms with van der Waals surface area (Å²) in [5, 5.41) is 3.43. The average Bonchev–Trinajstić information content (AvgIpc) is 2.84. The highest BCUT2D eigenvalue weighted by atomic mass is 35.5. The van der Waals surface area contributed by atoms with Crippen molar-refractivity contribution in [2.45, 2.75) is 37.8 Å². The van der Waals surface area contributed by atoms with Crippen LogP contribution in [0.2, 0.25) is 0 Å². The second kappa shape index (κ2) is 5.55. The number of ether oxygens (including phenoxy) is 1. The lowest BCUT2D eigenvalue weighted by Gasteiger charge is -2.30. The van der Waals surface area contributed by atoms with Gasteiger partial charge in [0.2, 0.25) is 5.91 Å². The van der Waals surface area contributed by atoms with Gasteiger partial charge in [0.05, 0.1) is 12.5 Å². The first-order valence-corrected chi connectivity index (χ1v) is 6.47. The van der Waals surface area contributed by atoms with Crippen LogP contribution in [0.1, 0.15) is 25.7 Å². The van der Waals surface area contributed by atoms with E-state index in [0.717, 1.165) is 32.5 Å². The van der Waals surface area contributed by atoms with Gasteiger partial charge in [0.25, 0.3) is 0 Å². The summed E-state index contributed by atoms with van der Waals surface area (Å²) in [6.07, 6.45) is 4.42. The number of fused-ring (bicyclic) bond motifs is 2. The second-order valence-corrected chi connectivity index (χ2v) is 5.18. The molecule has 3 unspecified atom stereocenters. The van der Waals surface area contributed by atoms with Gasteiger partial charge in [-0.1, -0.05) is 0 Å².